The topological polar surface area (TPSA) is 24.9 Å². The molecule has 2 aliphatic rings. The zero-order valence-electron chi connectivity index (χ0n) is 25.1. The van der Waals surface area contributed by atoms with Crippen LogP contribution in [-0.4, -0.2) is 14.2 Å². The number of methoxy groups -OCH3 is 2. The first kappa shape index (κ1) is 28.6. The summed E-state index contributed by atoms with van der Waals surface area (Å²) < 4.78 is 11.2. The van der Waals surface area contributed by atoms with Gasteiger partial charge in [-0.2, -0.15) is 0 Å². The highest BCUT2D eigenvalue weighted by atomic mass is 16.5. The first-order chi connectivity index (χ1) is 21.7. The van der Waals surface area contributed by atoms with Crippen LogP contribution in [0.4, 0.5) is 22.7 Å². The largest absolute Gasteiger partial charge is 0.501 e. The molecule has 0 aromatic heterocycles. The van der Waals surface area contributed by atoms with Gasteiger partial charge in [-0.05, 0) is 84.3 Å². The number of para-hydroxylation sites is 2. The van der Waals surface area contributed by atoms with Crippen LogP contribution in [0.25, 0.3) is 5.57 Å². The van der Waals surface area contributed by atoms with E-state index in [1.54, 1.807) is 14.2 Å². The van der Waals surface area contributed by atoms with Crippen LogP contribution < -0.4 is 14.5 Å². The van der Waals surface area contributed by atoms with Crippen molar-refractivity contribution in [3.05, 3.63) is 181 Å². The third-order valence-corrected chi connectivity index (χ3v) is 7.73. The van der Waals surface area contributed by atoms with Crippen LogP contribution >= 0.6 is 0 Å². The van der Waals surface area contributed by atoms with Crippen molar-refractivity contribution in [2.75, 3.05) is 24.0 Å². The zero-order chi connectivity index (χ0) is 30.1. The molecule has 6 rings (SSSR count). The van der Waals surface area contributed by atoms with Crippen molar-refractivity contribution in [3.8, 4) is 5.75 Å². The summed E-state index contributed by atoms with van der Waals surface area (Å²) in [6.45, 7) is 0. The first-order valence-electron chi connectivity index (χ1n) is 14.9. The third kappa shape index (κ3) is 6.45. The van der Waals surface area contributed by atoms with E-state index >= 15 is 0 Å². The summed E-state index contributed by atoms with van der Waals surface area (Å²) >= 11 is 0. The molecule has 0 fully saturated rings. The Morgan fingerprint density at radius 1 is 0.545 bits per heavy atom. The van der Waals surface area contributed by atoms with Crippen molar-refractivity contribution in [2.24, 2.45) is 0 Å². The molecule has 0 spiro atoms. The maximum Gasteiger partial charge on any atom is 0.120 e. The van der Waals surface area contributed by atoms with Crippen LogP contribution in [0, 0.1) is 0 Å². The fourth-order valence-corrected chi connectivity index (χ4v) is 5.51. The number of allylic oxidation sites excluding steroid dienone is 9. The van der Waals surface area contributed by atoms with Gasteiger partial charge in [0.05, 0.1) is 14.2 Å². The molecule has 0 atom stereocenters. The van der Waals surface area contributed by atoms with Gasteiger partial charge in [0.15, 0.2) is 0 Å². The van der Waals surface area contributed by atoms with E-state index in [1.807, 2.05) is 24.3 Å². The van der Waals surface area contributed by atoms with E-state index in [1.165, 1.54) is 11.1 Å². The van der Waals surface area contributed by atoms with Gasteiger partial charge in [0.1, 0.15) is 11.5 Å². The summed E-state index contributed by atoms with van der Waals surface area (Å²) in [6, 6.07) is 37.9. The maximum atomic E-state index is 5.64. The second-order valence-corrected chi connectivity index (χ2v) is 10.5. The lowest BCUT2D eigenvalue weighted by molar-refractivity contribution is 0.285. The van der Waals surface area contributed by atoms with Crippen molar-refractivity contribution in [3.63, 3.8) is 0 Å². The molecule has 0 radical (unpaired) electrons. The van der Waals surface area contributed by atoms with Crippen molar-refractivity contribution >= 4 is 28.3 Å². The standard InChI is InChI=1S/C40H36N2O2/c1-43-39-21-10-9-18-37(29-39)42(34-16-7-4-8-17-34)36-27-24-32(25-28-36)31-13-11-19-35(26-23-31)41(33-14-5-3-6-15-33)38-20-12-22-40(30-38)44-2/h3-12,14-20,22-30H,13,21H2,1-2H3. The number of rotatable bonds is 9. The molecule has 0 saturated carbocycles. The predicted octanol–water partition coefficient (Wildman–Crippen LogP) is 10.3. The zero-order valence-corrected chi connectivity index (χ0v) is 25.1. The van der Waals surface area contributed by atoms with Crippen LogP contribution in [0.5, 0.6) is 5.75 Å². The first-order valence-corrected chi connectivity index (χ1v) is 14.9. The third-order valence-electron chi connectivity index (χ3n) is 7.73. The molecule has 0 unspecified atom stereocenters. The summed E-state index contributed by atoms with van der Waals surface area (Å²) in [4.78, 5) is 4.53. The Morgan fingerprint density at radius 3 is 1.89 bits per heavy atom. The molecule has 44 heavy (non-hydrogen) atoms. The lowest BCUT2D eigenvalue weighted by atomic mass is 10.0. The van der Waals surface area contributed by atoms with Gasteiger partial charge in [0, 0.05) is 52.7 Å². The predicted molar refractivity (Wildman–Crippen MR) is 183 cm³/mol. The SMILES string of the molecule is COC1=CC(N(c2ccccc2)c2ccc(C3=CC=C(N(c4ccccc4)c4cccc(OC)c4)C=CC3)cc2)=CC=CC1. The number of hydrogen-bond acceptors (Lipinski definition) is 4. The molecule has 4 nitrogen and oxygen atoms in total. The van der Waals surface area contributed by atoms with Gasteiger partial charge >= 0.3 is 0 Å². The Hall–Kier alpha value is -5.48. The highest BCUT2D eigenvalue weighted by Gasteiger charge is 2.17. The monoisotopic (exact) mass is 576 g/mol. The van der Waals surface area contributed by atoms with E-state index in [-0.39, 0.29) is 0 Å². The summed E-state index contributed by atoms with van der Waals surface area (Å²) in [7, 11) is 3.43. The van der Waals surface area contributed by atoms with Crippen molar-refractivity contribution in [1.29, 1.82) is 0 Å². The van der Waals surface area contributed by atoms with Crippen LogP contribution in [-0.2, 0) is 4.74 Å². The molecule has 0 heterocycles. The van der Waals surface area contributed by atoms with E-state index in [9.17, 15) is 0 Å². The molecular formula is C40H36N2O2. The van der Waals surface area contributed by atoms with Crippen LogP contribution in [0.1, 0.15) is 18.4 Å². The molecular weight excluding hydrogens is 540 g/mol. The minimum atomic E-state index is 0.773. The molecule has 2 aliphatic carbocycles. The lowest BCUT2D eigenvalue weighted by Crippen LogP contribution is -2.15. The summed E-state index contributed by atoms with van der Waals surface area (Å²) in [5.74, 6) is 1.76. The molecule has 0 saturated heterocycles. The van der Waals surface area contributed by atoms with Crippen LogP contribution in [0.15, 0.2) is 175 Å². The van der Waals surface area contributed by atoms with Gasteiger partial charge in [-0.25, -0.2) is 0 Å². The minimum absolute atomic E-state index is 0.773. The number of benzene rings is 4. The van der Waals surface area contributed by atoms with Crippen LogP contribution in [0.2, 0.25) is 0 Å². The Balaban J connectivity index is 1.33. The maximum absolute atomic E-state index is 5.64. The second-order valence-electron chi connectivity index (χ2n) is 10.5. The van der Waals surface area contributed by atoms with E-state index < -0.39 is 0 Å². The fourth-order valence-electron chi connectivity index (χ4n) is 5.51. The molecule has 4 heteroatoms. The lowest BCUT2D eigenvalue weighted by Gasteiger charge is -2.26. The van der Waals surface area contributed by atoms with Gasteiger partial charge in [0.25, 0.3) is 0 Å². The normalized spacial score (nSPS) is 14.3. The molecule has 218 valence electrons. The van der Waals surface area contributed by atoms with E-state index in [0.717, 1.165) is 58.5 Å². The molecule has 4 aromatic rings. The highest BCUT2D eigenvalue weighted by Crippen LogP contribution is 2.36. The average molecular weight is 577 g/mol. The number of nitrogens with zero attached hydrogens (tertiary/aromatic N) is 2. The summed E-state index contributed by atoms with van der Waals surface area (Å²) in [5.41, 5.74) is 8.90. The van der Waals surface area contributed by atoms with Gasteiger partial charge in [-0.15, -0.1) is 0 Å². The van der Waals surface area contributed by atoms with Crippen LogP contribution in [0.3, 0.4) is 0 Å². The van der Waals surface area contributed by atoms with Gasteiger partial charge in [0.2, 0.25) is 0 Å². The number of hydrogen-bond donors (Lipinski definition) is 0. The van der Waals surface area contributed by atoms with Crippen molar-refractivity contribution < 1.29 is 9.47 Å². The molecule has 0 amide bonds. The Bertz CT molecular complexity index is 1760. The smallest absolute Gasteiger partial charge is 0.120 e. The minimum Gasteiger partial charge on any atom is -0.501 e. The number of anilines is 4. The Morgan fingerprint density at radius 2 is 1.20 bits per heavy atom. The second kappa shape index (κ2) is 13.7. The quantitative estimate of drug-likeness (QED) is 0.198. The Kier molecular flexibility index (Phi) is 8.89. The number of ether oxygens (including phenoxy) is 2. The fraction of sp³-hybridized carbons (Fsp3) is 0.100. The van der Waals surface area contributed by atoms with Crippen molar-refractivity contribution in [1.82, 2.24) is 0 Å². The molecule has 0 N–H and O–H groups in total. The molecule has 0 bridgehead atoms. The summed E-state index contributed by atoms with van der Waals surface area (Å²) in [6.07, 6.45) is 19.0. The van der Waals surface area contributed by atoms with Gasteiger partial charge < -0.3 is 19.3 Å². The molecule has 0 aliphatic heterocycles. The van der Waals surface area contributed by atoms with E-state index in [0.29, 0.717) is 0 Å². The summed E-state index contributed by atoms with van der Waals surface area (Å²) in [5, 5.41) is 0. The van der Waals surface area contributed by atoms with E-state index in [2.05, 4.69) is 143 Å². The van der Waals surface area contributed by atoms with Gasteiger partial charge in [-0.1, -0.05) is 78.9 Å². The molecule has 4 aromatic carbocycles. The Labute approximate surface area is 260 Å². The van der Waals surface area contributed by atoms with Crippen molar-refractivity contribution in [2.45, 2.75) is 12.8 Å². The highest BCUT2D eigenvalue weighted by molar-refractivity contribution is 5.77. The van der Waals surface area contributed by atoms with E-state index in [4.69, 9.17) is 9.47 Å². The average Bonchev–Trinajstić information content (AvgIpc) is 3.48. The van der Waals surface area contributed by atoms with Gasteiger partial charge in [-0.3, -0.25) is 0 Å².